The Hall–Kier alpha value is -2.96. The zero-order chi connectivity index (χ0) is 20.4. The summed E-state index contributed by atoms with van der Waals surface area (Å²) < 4.78 is 27.3. The van der Waals surface area contributed by atoms with Gasteiger partial charge in [-0.1, -0.05) is 18.2 Å². The minimum Gasteiger partial charge on any atom is -0.349 e. The second-order valence-corrected chi connectivity index (χ2v) is 7.71. The van der Waals surface area contributed by atoms with Gasteiger partial charge in [0.2, 0.25) is 0 Å². The van der Waals surface area contributed by atoms with Crippen LogP contribution in [0.2, 0.25) is 0 Å². The Kier molecular flexibility index (Phi) is 5.47. The molecule has 2 bridgehead atoms. The zero-order valence-electron chi connectivity index (χ0n) is 15.9. The van der Waals surface area contributed by atoms with Crippen LogP contribution in [-0.4, -0.2) is 35.0 Å². The molecule has 0 saturated carbocycles. The lowest BCUT2D eigenvalue weighted by atomic mass is 9.82. The van der Waals surface area contributed by atoms with E-state index in [0.29, 0.717) is 12.8 Å². The minimum atomic E-state index is -0.469. The summed E-state index contributed by atoms with van der Waals surface area (Å²) in [6.45, 7) is 0. The Labute approximate surface area is 168 Å². The van der Waals surface area contributed by atoms with E-state index in [0.717, 1.165) is 19.3 Å². The van der Waals surface area contributed by atoms with Gasteiger partial charge in [-0.05, 0) is 62.4 Å². The van der Waals surface area contributed by atoms with Gasteiger partial charge < -0.3 is 15.5 Å². The average Bonchev–Trinajstić information content (AvgIpc) is 2.69. The number of para-hydroxylation sites is 1. The number of nitrogens with one attached hydrogen (secondary N) is 2. The third kappa shape index (κ3) is 4.23. The fourth-order valence-corrected chi connectivity index (χ4v) is 4.47. The number of nitrogens with zero attached hydrogens (tertiary/aromatic N) is 1. The van der Waals surface area contributed by atoms with Crippen LogP contribution >= 0.6 is 0 Å². The summed E-state index contributed by atoms with van der Waals surface area (Å²) >= 11 is 0. The lowest BCUT2D eigenvalue weighted by Crippen LogP contribution is -2.59. The van der Waals surface area contributed by atoms with Crippen molar-refractivity contribution < 1.29 is 18.4 Å². The van der Waals surface area contributed by atoms with Crippen LogP contribution in [0.15, 0.2) is 48.5 Å². The van der Waals surface area contributed by atoms with Gasteiger partial charge in [0.25, 0.3) is 5.91 Å². The van der Waals surface area contributed by atoms with Crippen molar-refractivity contribution in [3.8, 4) is 0 Å². The van der Waals surface area contributed by atoms with E-state index in [1.165, 1.54) is 30.3 Å². The normalized spacial score (nSPS) is 23.4. The van der Waals surface area contributed by atoms with E-state index in [9.17, 15) is 18.4 Å². The largest absolute Gasteiger partial charge is 0.349 e. The summed E-state index contributed by atoms with van der Waals surface area (Å²) in [5.74, 6) is -1.23. The number of benzene rings is 2. The first-order chi connectivity index (χ1) is 14.0. The number of rotatable bonds is 3. The molecule has 2 fully saturated rings. The number of hydrogen-bond donors (Lipinski definition) is 2. The Morgan fingerprint density at radius 2 is 1.69 bits per heavy atom. The molecule has 3 amide bonds. The maximum absolute atomic E-state index is 13.9. The van der Waals surface area contributed by atoms with E-state index in [-0.39, 0.29) is 41.3 Å². The molecule has 2 atom stereocenters. The lowest BCUT2D eigenvalue weighted by molar-refractivity contribution is 0.0576. The quantitative estimate of drug-likeness (QED) is 0.808. The number of piperidine rings is 2. The maximum atomic E-state index is 13.9. The summed E-state index contributed by atoms with van der Waals surface area (Å²) in [7, 11) is 0. The van der Waals surface area contributed by atoms with Gasteiger partial charge in [-0.25, -0.2) is 13.6 Å². The molecular weight excluding hydrogens is 376 g/mol. The predicted molar refractivity (Wildman–Crippen MR) is 106 cm³/mol. The first kappa shape index (κ1) is 19.4. The molecule has 2 saturated heterocycles. The maximum Gasteiger partial charge on any atom is 0.322 e. The molecule has 4 rings (SSSR count). The SMILES string of the molecule is O=C(NC1C[C@@H]2CCC[C@@H](C1)N2C(=O)Nc1ccccc1F)c1cccc(F)c1. The monoisotopic (exact) mass is 399 g/mol. The van der Waals surface area contributed by atoms with Crippen molar-refractivity contribution in [1.29, 1.82) is 0 Å². The highest BCUT2D eigenvalue weighted by atomic mass is 19.1. The Morgan fingerprint density at radius 1 is 0.966 bits per heavy atom. The van der Waals surface area contributed by atoms with Crippen molar-refractivity contribution in [3.63, 3.8) is 0 Å². The highest BCUT2D eigenvalue weighted by Crippen LogP contribution is 2.35. The smallest absolute Gasteiger partial charge is 0.322 e. The highest BCUT2D eigenvalue weighted by molar-refractivity contribution is 5.94. The van der Waals surface area contributed by atoms with E-state index in [2.05, 4.69) is 10.6 Å². The molecule has 2 heterocycles. The molecule has 2 aliphatic rings. The molecule has 0 aliphatic carbocycles. The van der Waals surface area contributed by atoms with E-state index >= 15 is 0 Å². The lowest BCUT2D eigenvalue weighted by Gasteiger charge is -2.48. The zero-order valence-corrected chi connectivity index (χ0v) is 15.9. The third-order valence-electron chi connectivity index (χ3n) is 5.75. The fourth-order valence-electron chi connectivity index (χ4n) is 4.47. The number of carbonyl (C=O) groups is 2. The van der Waals surface area contributed by atoms with Gasteiger partial charge in [0.05, 0.1) is 5.69 Å². The van der Waals surface area contributed by atoms with Crippen LogP contribution in [0.25, 0.3) is 0 Å². The van der Waals surface area contributed by atoms with Crippen molar-refractivity contribution in [3.05, 3.63) is 65.7 Å². The predicted octanol–water partition coefficient (Wildman–Crippen LogP) is 4.31. The van der Waals surface area contributed by atoms with Gasteiger partial charge in [0.1, 0.15) is 11.6 Å². The van der Waals surface area contributed by atoms with Crippen molar-refractivity contribution in [2.75, 3.05) is 5.32 Å². The van der Waals surface area contributed by atoms with Crippen molar-refractivity contribution in [2.24, 2.45) is 0 Å². The highest BCUT2D eigenvalue weighted by Gasteiger charge is 2.41. The average molecular weight is 399 g/mol. The number of anilines is 1. The van der Waals surface area contributed by atoms with Crippen LogP contribution in [0.1, 0.15) is 42.5 Å². The Balaban J connectivity index is 1.43. The van der Waals surface area contributed by atoms with Gasteiger partial charge in [-0.15, -0.1) is 0 Å². The summed E-state index contributed by atoms with van der Waals surface area (Å²) in [5.41, 5.74) is 0.451. The van der Waals surface area contributed by atoms with Gasteiger partial charge in [0, 0.05) is 23.7 Å². The Bertz CT molecular complexity index is 906. The first-order valence-electron chi connectivity index (χ1n) is 9.91. The first-order valence-corrected chi connectivity index (χ1v) is 9.91. The fraction of sp³-hybridized carbons (Fsp3) is 0.364. The summed E-state index contributed by atoms with van der Waals surface area (Å²) in [5, 5.41) is 5.66. The molecule has 2 N–H and O–H groups in total. The van der Waals surface area contributed by atoms with Crippen LogP contribution in [0, 0.1) is 11.6 Å². The Morgan fingerprint density at radius 3 is 2.38 bits per heavy atom. The molecule has 2 aromatic rings. The van der Waals surface area contributed by atoms with Crippen LogP contribution < -0.4 is 10.6 Å². The molecule has 0 radical (unpaired) electrons. The van der Waals surface area contributed by atoms with Gasteiger partial charge >= 0.3 is 6.03 Å². The number of hydrogen-bond acceptors (Lipinski definition) is 2. The number of carbonyl (C=O) groups excluding carboxylic acids is 2. The number of halogens is 2. The molecule has 29 heavy (non-hydrogen) atoms. The molecule has 5 nitrogen and oxygen atoms in total. The van der Waals surface area contributed by atoms with Gasteiger partial charge in [-0.2, -0.15) is 0 Å². The molecule has 0 spiro atoms. The standard InChI is InChI=1S/C22H23F2N3O2/c23-15-6-3-5-14(11-15)21(28)25-16-12-17-7-4-8-18(13-16)27(17)22(29)26-20-10-2-1-9-19(20)24/h1-3,5-6,9-11,16-18H,4,7-8,12-13H2,(H,25,28)(H,26,29)/t17-,18-/m0/s1. The summed E-state index contributed by atoms with van der Waals surface area (Å²) in [4.78, 5) is 27.1. The van der Waals surface area contributed by atoms with E-state index < -0.39 is 11.6 Å². The van der Waals surface area contributed by atoms with Crippen LogP contribution in [-0.2, 0) is 0 Å². The van der Waals surface area contributed by atoms with Gasteiger partial charge in [-0.3, -0.25) is 4.79 Å². The van der Waals surface area contributed by atoms with Crippen molar-refractivity contribution in [2.45, 2.75) is 50.2 Å². The summed E-state index contributed by atoms with van der Waals surface area (Å²) in [6.07, 6.45) is 3.95. The number of fused-ring (bicyclic) bond motifs is 2. The van der Waals surface area contributed by atoms with Crippen LogP contribution in [0.4, 0.5) is 19.3 Å². The minimum absolute atomic E-state index is 0.0212. The van der Waals surface area contributed by atoms with Crippen molar-refractivity contribution in [1.82, 2.24) is 10.2 Å². The van der Waals surface area contributed by atoms with Crippen LogP contribution in [0.5, 0.6) is 0 Å². The van der Waals surface area contributed by atoms with E-state index in [1.807, 2.05) is 0 Å². The number of urea groups is 1. The topological polar surface area (TPSA) is 61.4 Å². The third-order valence-corrected chi connectivity index (χ3v) is 5.75. The van der Waals surface area contributed by atoms with Crippen molar-refractivity contribution >= 4 is 17.6 Å². The molecule has 152 valence electrons. The second-order valence-electron chi connectivity index (χ2n) is 7.71. The van der Waals surface area contributed by atoms with E-state index in [4.69, 9.17) is 0 Å². The molecule has 0 unspecified atom stereocenters. The molecular formula is C22H23F2N3O2. The molecule has 2 aliphatic heterocycles. The molecule has 2 aromatic carbocycles. The van der Waals surface area contributed by atoms with Crippen LogP contribution in [0.3, 0.4) is 0 Å². The summed E-state index contributed by atoms with van der Waals surface area (Å²) in [6, 6.07) is 11.3. The number of amides is 3. The second kappa shape index (κ2) is 8.19. The molecule has 7 heteroatoms. The van der Waals surface area contributed by atoms with Gasteiger partial charge in [0.15, 0.2) is 0 Å². The van der Waals surface area contributed by atoms with E-state index in [1.54, 1.807) is 23.1 Å². The molecule has 0 aromatic heterocycles.